The Kier molecular flexibility index (Phi) is 6.23. The van der Waals surface area contributed by atoms with Crippen molar-refractivity contribution in [1.82, 2.24) is 20.2 Å². The van der Waals surface area contributed by atoms with Gasteiger partial charge in [-0.2, -0.15) is 9.97 Å². The zero-order valence-electron chi connectivity index (χ0n) is 23.4. The van der Waals surface area contributed by atoms with Crippen molar-refractivity contribution < 1.29 is 23.0 Å². The first-order chi connectivity index (χ1) is 20.7. The molecule has 0 amide bonds. The molecule has 43 heavy (non-hydrogen) atoms. The molecule has 224 valence electrons. The molecular formula is C32H31ClF3N5O2. The zero-order chi connectivity index (χ0) is 29.5. The van der Waals surface area contributed by atoms with Crippen LogP contribution in [0.3, 0.4) is 0 Å². The van der Waals surface area contributed by atoms with E-state index in [2.05, 4.69) is 15.2 Å². The van der Waals surface area contributed by atoms with Crippen LogP contribution >= 0.6 is 11.6 Å². The van der Waals surface area contributed by atoms with E-state index in [9.17, 15) is 13.9 Å². The van der Waals surface area contributed by atoms with Crippen molar-refractivity contribution in [3.63, 3.8) is 0 Å². The van der Waals surface area contributed by atoms with Gasteiger partial charge in [0.25, 0.3) is 5.92 Å². The third-order valence-electron chi connectivity index (χ3n) is 9.70. The monoisotopic (exact) mass is 609 g/mol. The molecule has 4 fully saturated rings. The van der Waals surface area contributed by atoms with Gasteiger partial charge in [-0.1, -0.05) is 35.9 Å². The summed E-state index contributed by atoms with van der Waals surface area (Å²) in [5.41, 5.74) is -0.194. The molecule has 4 aliphatic rings. The first-order valence-electron chi connectivity index (χ1n) is 14.9. The van der Waals surface area contributed by atoms with Crippen molar-refractivity contribution in [3.05, 3.63) is 53.3 Å². The lowest BCUT2D eigenvalue weighted by molar-refractivity contribution is 0.00804. The second-order valence-electron chi connectivity index (χ2n) is 12.6. The number of alkyl halides is 2. The van der Waals surface area contributed by atoms with E-state index in [1.807, 2.05) is 29.2 Å². The number of nitrogens with one attached hydrogen (secondary N) is 1. The molecule has 2 bridgehead atoms. The Morgan fingerprint density at radius 3 is 2.67 bits per heavy atom. The maximum Gasteiger partial charge on any atom is 0.319 e. The molecule has 0 radical (unpaired) electrons. The highest BCUT2D eigenvalue weighted by atomic mass is 35.5. The summed E-state index contributed by atoms with van der Waals surface area (Å²) in [7, 11) is 0. The normalized spacial score (nSPS) is 26.5. The van der Waals surface area contributed by atoms with Crippen molar-refractivity contribution in [1.29, 1.82) is 0 Å². The second kappa shape index (κ2) is 9.84. The quantitative estimate of drug-likeness (QED) is 0.282. The van der Waals surface area contributed by atoms with E-state index in [-0.39, 0.29) is 59.5 Å². The second-order valence-corrected chi connectivity index (χ2v) is 13.0. The Bertz CT molecular complexity index is 1760. The summed E-state index contributed by atoms with van der Waals surface area (Å²) in [5, 5.41) is 16.2. The fourth-order valence-corrected chi connectivity index (χ4v) is 8.15. The van der Waals surface area contributed by atoms with Gasteiger partial charge in [0.05, 0.1) is 17.1 Å². The van der Waals surface area contributed by atoms with Gasteiger partial charge in [0.1, 0.15) is 23.7 Å². The zero-order valence-corrected chi connectivity index (χ0v) is 24.2. The van der Waals surface area contributed by atoms with Crippen LogP contribution in [0.15, 0.2) is 42.5 Å². The van der Waals surface area contributed by atoms with Gasteiger partial charge < -0.3 is 20.1 Å². The maximum absolute atomic E-state index is 16.8. The minimum absolute atomic E-state index is 0.000393. The predicted octanol–water partition coefficient (Wildman–Crippen LogP) is 6.14. The van der Waals surface area contributed by atoms with Crippen molar-refractivity contribution in [2.45, 2.75) is 55.6 Å². The smallest absolute Gasteiger partial charge is 0.319 e. The molecule has 7 nitrogen and oxygen atoms in total. The number of phenolic OH excluding ortho intramolecular Hbond substituents is 1. The number of hydrogen-bond acceptors (Lipinski definition) is 7. The topological polar surface area (TPSA) is 73.8 Å². The third-order valence-corrected chi connectivity index (χ3v) is 9.99. The number of aromatic hydroxyl groups is 1. The van der Waals surface area contributed by atoms with E-state index < -0.39 is 17.3 Å². The van der Waals surface area contributed by atoms with E-state index in [0.29, 0.717) is 42.8 Å². The van der Waals surface area contributed by atoms with Gasteiger partial charge in [-0.3, -0.25) is 4.90 Å². The molecule has 1 aromatic heterocycles. The van der Waals surface area contributed by atoms with Crippen LogP contribution in [-0.2, 0) is 0 Å². The largest absolute Gasteiger partial charge is 0.508 e. The number of phenols is 1. The van der Waals surface area contributed by atoms with Gasteiger partial charge in [-0.15, -0.1) is 0 Å². The Morgan fingerprint density at radius 2 is 1.86 bits per heavy atom. The first kappa shape index (κ1) is 27.2. The SMILES string of the molecule is Oc1cc(-c2c(Cl)cc3c(N4C[C@H]5CC[C@@H](C4)N5)nc(OCC45CCCN4CC(F)(F)C5)nc3c2F)c2ccccc2c1. The average molecular weight is 610 g/mol. The molecular weight excluding hydrogens is 579 g/mol. The molecule has 1 unspecified atom stereocenters. The lowest BCUT2D eigenvalue weighted by atomic mass is 9.94. The van der Waals surface area contributed by atoms with E-state index in [1.54, 1.807) is 12.1 Å². The molecule has 4 aromatic rings. The molecule has 8 rings (SSSR count). The molecule has 0 saturated carbocycles. The fourth-order valence-electron chi connectivity index (χ4n) is 7.86. The number of ether oxygens (including phenoxy) is 1. The van der Waals surface area contributed by atoms with Crippen LogP contribution in [0.1, 0.15) is 32.1 Å². The van der Waals surface area contributed by atoms with Crippen molar-refractivity contribution in [2.75, 3.05) is 37.7 Å². The molecule has 3 aromatic carbocycles. The number of rotatable bonds is 5. The highest BCUT2D eigenvalue weighted by molar-refractivity contribution is 6.35. The number of anilines is 1. The minimum Gasteiger partial charge on any atom is -0.508 e. The number of piperazine rings is 1. The lowest BCUT2D eigenvalue weighted by Gasteiger charge is -2.34. The van der Waals surface area contributed by atoms with Crippen molar-refractivity contribution in [3.8, 4) is 22.9 Å². The summed E-state index contributed by atoms with van der Waals surface area (Å²) in [6.07, 6.45) is 3.23. The van der Waals surface area contributed by atoms with Gasteiger partial charge in [-0.05, 0) is 66.8 Å². The molecule has 0 aliphatic carbocycles. The van der Waals surface area contributed by atoms with E-state index in [1.165, 1.54) is 6.07 Å². The summed E-state index contributed by atoms with van der Waals surface area (Å²) in [6.45, 7) is 1.69. The van der Waals surface area contributed by atoms with Gasteiger partial charge in [0, 0.05) is 42.5 Å². The standard InChI is InChI=1S/C32H31ClF3N5O2/c33-25-12-24-28(27(34)26(25)23-11-21(42)10-18-4-1-2-5-22(18)23)38-30(39-29(24)40-13-19-6-7-20(14-40)37-19)43-17-31-8-3-9-41(31)16-32(35,36)15-31/h1-2,4-5,10-12,19-20,37,42H,3,6-9,13-17H2/t19-,20+,31?. The summed E-state index contributed by atoms with van der Waals surface area (Å²) in [4.78, 5) is 13.3. The Balaban J connectivity index is 1.27. The number of benzene rings is 3. The van der Waals surface area contributed by atoms with Crippen molar-refractivity contribution >= 4 is 39.1 Å². The average Bonchev–Trinajstić information content (AvgIpc) is 3.59. The lowest BCUT2D eigenvalue weighted by Crippen LogP contribution is -2.51. The van der Waals surface area contributed by atoms with E-state index in [4.69, 9.17) is 21.3 Å². The van der Waals surface area contributed by atoms with Crippen LogP contribution in [0, 0.1) is 5.82 Å². The number of hydrogen-bond donors (Lipinski definition) is 2. The first-order valence-corrected chi connectivity index (χ1v) is 15.2. The highest BCUT2D eigenvalue weighted by Crippen LogP contribution is 2.47. The molecule has 11 heteroatoms. The molecule has 4 saturated heterocycles. The van der Waals surface area contributed by atoms with Crippen LogP contribution in [-0.4, -0.2) is 76.3 Å². The number of halogens is 4. The number of aromatic nitrogens is 2. The number of fused-ring (bicyclic) bond motifs is 5. The fraction of sp³-hybridized carbons (Fsp3) is 0.438. The molecule has 5 heterocycles. The van der Waals surface area contributed by atoms with Crippen LogP contribution in [0.5, 0.6) is 11.8 Å². The van der Waals surface area contributed by atoms with Gasteiger partial charge in [0.2, 0.25) is 0 Å². The van der Waals surface area contributed by atoms with E-state index in [0.717, 1.165) is 30.0 Å². The predicted molar refractivity (Wildman–Crippen MR) is 160 cm³/mol. The maximum atomic E-state index is 16.8. The van der Waals surface area contributed by atoms with Gasteiger partial charge in [-0.25, -0.2) is 13.2 Å². The van der Waals surface area contributed by atoms with Crippen molar-refractivity contribution in [2.24, 2.45) is 0 Å². The number of nitrogens with zero attached hydrogens (tertiary/aromatic N) is 4. The molecule has 3 atom stereocenters. The molecule has 4 aliphatic heterocycles. The van der Waals surface area contributed by atoms with Gasteiger partial charge >= 0.3 is 6.01 Å². The van der Waals surface area contributed by atoms with E-state index >= 15 is 4.39 Å². The summed E-state index contributed by atoms with van der Waals surface area (Å²) < 4.78 is 51.8. The molecule has 2 N–H and O–H groups in total. The molecule has 0 spiro atoms. The third kappa shape index (κ3) is 4.57. The summed E-state index contributed by atoms with van der Waals surface area (Å²) in [5.74, 6) is -2.93. The van der Waals surface area contributed by atoms with Gasteiger partial charge in [0.15, 0.2) is 5.82 Å². The summed E-state index contributed by atoms with van der Waals surface area (Å²) in [6, 6.07) is 12.7. The Morgan fingerprint density at radius 1 is 1.07 bits per heavy atom. The summed E-state index contributed by atoms with van der Waals surface area (Å²) >= 11 is 6.83. The van der Waals surface area contributed by atoms with Crippen LogP contribution in [0.25, 0.3) is 32.8 Å². The minimum atomic E-state index is -2.78. The van der Waals surface area contributed by atoms with Crippen LogP contribution in [0.2, 0.25) is 5.02 Å². The Hall–Kier alpha value is -3.34. The van der Waals surface area contributed by atoms with Crippen LogP contribution < -0.4 is 15.0 Å². The van der Waals surface area contributed by atoms with Crippen LogP contribution in [0.4, 0.5) is 19.0 Å². The Labute approximate surface area is 251 Å². The highest BCUT2D eigenvalue weighted by Gasteiger charge is 2.57.